The third-order valence-corrected chi connectivity index (χ3v) is 9.96. The lowest BCUT2D eigenvalue weighted by Gasteiger charge is -2.80. The number of aliphatic hydroxyl groups is 2. The second-order valence-corrected chi connectivity index (χ2v) is 10.4. The van der Waals surface area contributed by atoms with E-state index in [0.29, 0.717) is 12.8 Å². The average molecular weight is 364 g/mol. The molecule has 0 aromatic heterocycles. The number of ketones is 1. The van der Waals surface area contributed by atoms with E-state index < -0.39 is 28.3 Å². The predicted molar refractivity (Wildman–Crippen MR) is 94.1 cm³/mol. The van der Waals surface area contributed by atoms with Gasteiger partial charge in [-0.3, -0.25) is 4.79 Å². The fourth-order valence-corrected chi connectivity index (χ4v) is 9.04. The monoisotopic (exact) mass is 364 g/mol. The van der Waals surface area contributed by atoms with Crippen molar-refractivity contribution in [1.29, 1.82) is 0 Å². The minimum atomic E-state index is -1.20. The molecule has 146 valence electrons. The van der Waals surface area contributed by atoms with E-state index in [1.54, 1.807) is 14.2 Å². The number of hydrogen-bond acceptors (Lipinski definition) is 5. The van der Waals surface area contributed by atoms with Gasteiger partial charge in [-0.2, -0.15) is 0 Å². The first-order valence-corrected chi connectivity index (χ1v) is 10.2. The largest absolute Gasteiger partial charge is 0.392 e. The second-order valence-electron chi connectivity index (χ2n) is 10.4. The Kier molecular flexibility index (Phi) is 3.20. The quantitative estimate of drug-likeness (QED) is 0.735. The second kappa shape index (κ2) is 4.73. The van der Waals surface area contributed by atoms with Gasteiger partial charge in [0.2, 0.25) is 5.79 Å². The molecule has 0 radical (unpaired) electrons. The number of carbonyl (C=O) groups is 1. The molecule has 7 aliphatic rings. The van der Waals surface area contributed by atoms with Gasteiger partial charge in [-0.1, -0.05) is 20.3 Å². The van der Waals surface area contributed by atoms with Crippen molar-refractivity contribution in [3.8, 4) is 0 Å². The molecule has 0 heterocycles. The molecule has 5 heteroatoms. The Morgan fingerprint density at radius 3 is 2.38 bits per heavy atom. The van der Waals surface area contributed by atoms with E-state index in [-0.39, 0.29) is 29.0 Å². The molecule has 7 fully saturated rings. The van der Waals surface area contributed by atoms with Gasteiger partial charge in [0.1, 0.15) is 0 Å². The first-order valence-electron chi connectivity index (χ1n) is 10.2. The summed E-state index contributed by atoms with van der Waals surface area (Å²) in [7, 11) is 3.10. The van der Waals surface area contributed by atoms with E-state index in [1.807, 2.05) is 0 Å². The van der Waals surface area contributed by atoms with Crippen LogP contribution in [0.3, 0.4) is 0 Å². The minimum Gasteiger partial charge on any atom is -0.392 e. The first-order chi connectivity index (χ1) is 12.2. The maximum absolute atomic E-state index is 13.8. The van der Waals surface area contributed by atoms with Crippen molar-refractivity contribution < 1.29 is 24.5 Å². The standard InChI is InChI=1S/C21H32O5/c1-17(2)6-5-7-20(24)14-11-12-10-13-15(22)19(17,20)9-8-18(13,14)16(23)21(12,25-3)26-4/h12-15,22,24H,5-11H2,1-4H3/t12-,13+,14+,15-,18+,19+,20+/m0/s1. The third kappa shape index (κ3) is 1.39. The Labute approximate surface area is 155 Å². The highest BCUT2D eigenvalue weighted by molar-refractivity contribution is 5.95. The zero-order valence-corrected chi connectivity index (χ0v) is 16.4. The molecule has 2 N–H and O–H groups in total. The Morgan fingerprint density at radius 2 is 1.73 bits per heavy atom. The fraction of sp³-hybridized carbons (Fsp3) is 0.952. The number of rotatable bonds is 2. The van der Waals surface area contributed by atoms with Crippen LogP contribution in [0.5, 0.6) is 0 Å². The maximum Gasteiger partial charge on any atom is 0.231 e. The Hall–Kier alpha value is -0.490. The normalized spacial score (nSPS) is 55.7. The van der Waals surface area contributed by atoms with Crippen LogP contribution in [-0.2, 0) is 14.3 Å². The van der Waals surface area contributed by atoms with Crippen molar-refractivity contribution in [2.75, 3.05) is 14.2 Å². The highest BCUT2D eigenvalue weighted by atomic mass is 16.7. The summed E-state index contributed by atoms with van der Waals surface area (Å²) in [6.07, 6.45) is 5.00. The SMILES string of the molecule is COC1(OC)C(=O)[C@]23CC[C@]45[C@@H](O)[C@H]2C[C@H]1C[C@H]3[C@]4(O)CCCC5(C)C. The molecule has 7 rings (SSSR count). The van der Waals surface area contributed by atoms with Gasteiger partial charge in [0, 0.05) is 36.9 Å². The molecule has 0 amide bonds. The van der Waals surface area contributed by atoms with Crippen molar-refractivity contribution in [2.45, 2.75) is 76.3 Å². The van der Waals surface area contributed by atoms with E-state index in [1.165, 1.54) is 0 Å². The van der Waals surface area contributed by atoms with Gasteiger partial charge >= 0.3 is 0 Å². The van der Waals surface area contributed by atoms with Crippen molar-refractivity contribution in [2.24, 2.45) is 34.0 Å². The number of ether oxygens (including phenoxy) is 2. The van der Waals surface area contributed by atoms with E-state index in [9.17, 15) is 15.0 Å². The summed E-state index contributed by atoms with van der Waals surface area (Å²) in [6.45, 7) is 4.43. The van der Waals surface area contributed by atoms with Crippen molar-refractivity contribution in [3.63, 3.8) is 0 Å². The molecule has 0 unspecified atom stereocenters. The number of hydrogen-bond donors (Lipinski definition) is 2. The average Bonchev–Trinajstić information content (AvgIpc) is 2.61. The maximum atomic E-state index is 13.8. The van der Waals surface area contributed by atoms with Crippen LogP contribution in [0.15, 0.2) is 0 Å². The molecular weight excluding hydrogens is 332 g/mol. The van der Waals surface area contributed by atoms with Crippen LogP contribution in [0.2, 0.25) is 0 Å². The van der Waals surface area contributed by atoms with E-state index >= 15 is 0 Å². The molecule has 5 nitrogen and oxygen atoms in total. The summed E-state index contributed by atoms with van der Waals surface area (Å²) in [5.74, 6) is -1.48. The van der Waals surface area contributed by atoms with Crippen LogP contribution in [0.1, 0.15) is 58.8 Å². The van der Waals surface area contributed by atoms with E-state index in [0.717, 1.165) is 32.1 Å². The van der Waals surface area contributed by atoms with Crippen molar-refractivity contribution >= 4 is 5.78 Å². The topological polar surface area (TPSA) is 76.0 Å². The number of methoxy groups -OCH3 is 2. The highest BCUT2D eigenvalue weighted by Gasteiger charge is 2.85. The smallest absolute Gasteiger partial charge is 0.231 e. The van der Waals surface area contributed by atoms with Crippen LogP contribution in [0.4, 0.5) is 0 Å². The zero-order valence-electron chi connectivity index (χ0n) is 16.4. The number of aliphatic hydroxyl groups excluding tert-OH is 1. The summed E-state index contributed by atoms with van der Waals surface area (Å²) in [4.78, 5) is 13.8. The lowest BCUT2D eigenvalue weighted by Crippen LogP contribution is -2.86. The molecule has 5 bridgehead atoms. The molecule has 0 aromatic rings. The molecule has 0 aromatic carbocycles. The van der Waals surface area contributed by atoms with Gasteiger partial charge < -0.3 is 19.7 Å². The molecule has 7 atom stereocenters. The van der Waals surface area contributed by atoms with Crippen LogP contribution < -0.4 is 0 Å². The van der Waals surface area contributed by atoms with Crippen LogP contribution in [-0.4, -0.2) is 47.7 Å². The van der Waals surface area contributed by atoms with Gasteiger partial charge in [0.05, 0.1) is 11.7 Å². The van der Waals surface area contributed by atoms with Crippen LogP contribution >= 0.6 is 0 Å². The van der Waals surface area contributed by atoms with Gasteiger partial charge in [0.15, 0.2) is 5.78 Å². The first kappa shape index (κ1) is 17.6. The summed E-state index contributed by atoms with van der Waals surface area (Å²) < 4.78 is 11.4. The highest BCUT2D eigenvalue weighted by Crippen LogP contribution is 2.80. The summed E-state index contributed by atoms with van der Waals surface area (Å²) >= 11 is 0. The lowest BCUT2D eigenvalue weighted by atomic mass is 9.26. The Morgan fingerprint density at radius 1 is 1.04 bits per heavy atom. The van der Waals surface area contributed by atoms with E-state index in [2.05, 4.69) is 13.8 Å². The van der Waals surface area contributed by atoms with Gasteiger partial charge in [-0.05, 0) is 49.9 Å². The van der Waals surface area contributed by atoms with Crippen molar-refractivity contribution in [3.05, 3.63) is 0 Å². The molecular formula is C21H32O5. The summed E-state index contributed by atoms with van der Waals surface area (Å²) in [6, 6.07) is 0. The van der Waals surface area contributed by atoms with Crippen molar-refractivity contribution in [1.82, 2.24) is 0 Å². The molecule has 7 saturated carbocycles. The van der Waals surface area contributed by atoms with E-state index in [4.69, 9.17) is 9.47 Å². The summed E-state index contributed by atoms with van der Waals surface area (Å²) in [5, 5.41) is 23.8. The van der Waals surface area contributed by atoms with Gasteiger partial charge in [-0.25, -0.2) is 0 Å². The third-order valence-electron chi connectivity index (χ3n) is 9.96. The predicted octanol–water partition coefficient (Wildman–Crippen LogP) is 2.28. The van der Waals surface area contributed by atoms with Crippen LogP contribution in [0, 0.1) is 34.0 Å². The number of carbonyl (C=O) groups excluding carboxylic acids is 1. The van der Waals surface area contributed by atoms with Gasteiger partial charge in [-0.15, -0.1) is 0 Å². The molecule has 26 heavy (non-hydrogen) atoms. The molecule has 2 spiro atoms. The minimum absolute atomic E-state index is 0.0170. The molecule has 0 aliphatic heterocycles. The van der Waals surface area contributed by atoms with Crippen LogP contribution in [0.25, 0.3) is 0 Å². The number of Topliss-reactive ketones (excluding diaryl/α,β-unsaturated/α-hetero) is 1. The Balaban J connectivity index is 1.74. The molecule has 7 aliphatic carbocycles. The molecule has 0 saturated heterocycles. The lowest BCUT2D eigenvalue weighted by molar-refractivity contribution is -0.388. The Bertz CT molecular complexity index is 669. The number of fused-ring (bicyclic) bond motifs is 2. The van der Waals surface area contributed by atoms with Gasteiger partial charge in [0.25, 0.3) is 0 Å². The fourth-order valence-electron chi connectivity index (χ4n) is 9.04. The zero-order chi connectivity index (χ0) is 18.8. The summed E-state index contributed by atoms with van der Waals surface area (Å²) in [5.41, 5.74) is -2.30.